The number of hydrogen-bond acceptors (Lipinski definition) is 7. The normalized spacial score (nSPS) is 17.1. The molecule has 0 radical (unpaired) electrons. The third-order valence-corrected chi connectivity index (χ3v) is 5.76. The first-order chi connectivity index (χ1) is 15.1. The Balaban J connectivity index is 1.44. The predicted molar refractivity (Wildman–Crippen MR) is 122 cm³/mol. The van der Waals surface area contributed by atoms with E-state index in [9.17, 15) is 14.4 Å². The van der Waals surface area contributed by atoms with E-state index < -0.39 is 11.5 Å². The molecular weight excluding hydrogens is 428 g/mol. The van der Waals surface area contributed by atoms with Gasteiger partial charge >= 0.3 is 5.97 Å². The minimum Gasteiger partial charge on any atom is -0.493 e. The number of carbonyl (C=O) groups is 3. The number of esters is 1. The molecule has 1 amide bonds. The number of thioether (sulfide) groups is 1. The van der Waals surface area contributed by atoms with Crippen LogP contribution in [0.1, 0.15) is 50.6 Å². The lowest BCUT2D eigenvalue weighted by atomic mass is 9.97. The summed E-state index contributed by atoms with van der Waals surface area (Å²) in [4.78, 5) is 39.4. The van der Waals surface area contributed by atoms with Gasteiger partial charge in [0.15, 0.2) is 0 Å². The van der Waals surface area contributed by atoms with Crippen molar-refractivity contribution in [3.05, 3.63) is 59.4 Å². The van der Waals surface area contributed by atoms with Crippen molar-refractivity contribution in [3.63, 3.8) is 0 Å². The molecule has 1 aliphatic rings. The van der Waals surface area contributed by atoms with E-state index >= 15 is 0 Å². The van der Waals surface area contributed by atoms with E-state index in [1.165, 1.54) is 0 Å². The van der Waals surface area contributed by atoms with Crippen LogP contribution >= 0.6 is 11.8 Å². The fourth-order valence-corrected chi connectivity index (χ4v) is 3.66. The van der Waals surface area contributed by atoms with Crippen molar-refractivity contribution >= 4 is 28.1 Å². The molecule has 1 aromatic carbocycles. The monoisotopic (exact) mass is 456 g/mol. The molecule has 1 fully saturated rings. The van der Waals surface area contributed by atoms with Crippen LogP contribution in [0.15, 0.2) is 42.6 Å². The molecule has 0 spiro atoms. The molecular formula is C24H28N2O5S. The summed E-state index contributed by atoms with van der Waals surface area (Å²) < 4.78 is 11.3. The molecule has 1 saturated heterocycles. The van der Waals surface area contributed by atoms with Crippen LogP contribution in [-0.4, -0.2) is 34.0 Å². The summed E-state index contributed by atoms with van der Waals surface area (Å²) in [5.41, 5.74) is 2.14. The first-order valence-electron chi connectivity index (χ1n) is 10.5. The van der Waals surface area contributed by atoms with E-state index in [4.69, 9.17) is 9.47 Å². The maximum Gasteiger partial charge on any atom is 0.311 e. The molecule has 0 saturated carbocycles. The Hall–Kier alpha value is -2.87. The maximum absolute atomic E-state index is 12.0. The minimum atomic E-state index is -0.542. The number of hydrogen-bond donors (Lipinski definition) is 1. The number of carbonyl (C=O) groups excluding carboxylic acids is 3. The van der Waals surface area contributed by atoms with Gasteiger partial charge in [0.25, 0.3) is 5.24 Å². The van der Waals surface area contributed by atoms with Crippen molar-refractivity contribution in [2.45, 2.75) is 52.7 Å². The van der Waals surface area contributed by atoms with Crippen LogP contribution in [0.4, 0.5) is 4.79 Å². The standard InChI is InChI=1S/C24H28N2O5S/c1-15(31-22(28)24(2,3)4)17-7-8-18(25-14-17)11-12-30-19-9-5-16(6-10-19)13-20-21(27)32-23(29)26-20/h5-10,14-15,20H,11-13H2,1-4H3,(H,26,29). The zero-order chi connectivity index (χ0) is 23.3. The third-order valence-electron chi connectivity index (χ3n) is 4.97. The summed E-state index contributed by atoms with van der Waals surface area (Å²) in [6.45, 7) is 7.78. The van der Waals surface area contributed by atoms with Crippen LogP contribution in [0.25, 0.3) is 0 Å². The number of rotatable bonds is 8. The van der Waals surface area contributed by atoms with Gasteiger partial charge in [0.2, 0.25) is 5.12 Å². The Morgan fingerprint density at radius 2 is 1.88 bits per heavy atom. The van der Waals surface area contributed by atoms with Crippen molar-refractivity contribution < 1.29 is 23.9 Å². The highest BCUT2D eigenvalue weighted by Gasteiger charge is 2.31. The van der Waals surface area contributed by atoms with E-state index in [0.29, 0.717) is 19.4 Å². The highest BCUT2D eigenvalue weighted by atomic mass is 32.2. The maximum atomic E-state index is 12.0. The van der Waals surface area contributed by atoms with Gasteiger partial charge in [-0.3, -0.25) is 19.4 Å². The molecule has 8 heteroatoms. The summed E-state index contributed by atoms with van der Waals surface area (Å²) in [5, 5.41) is 2.22. The van der Waals surface area contributed by atoms with Crippen LogP contribution in [0, 0.1) is 5.41 Å². The van der Waals surface area contributed by atoms with E-state index in [-0.39, 0.29) is 22.4 Å². The molecule has 0 bridgehead atoms. The van der Waals surface area contributed by atoms with Gasteiger partial charge in [-0.2, -0.15) is 0 Å². The van der Waals surface area contributed by atoms with E-state index in [1.807, 2.05) is 64.1 Å². The first-order valence-corrected chi connectivity index (χ1v) is 11.3. The summed E-state index contributed by atoms with van der Waals surface area (Å²) in [6.07, 6.45) is 2.48. The largest absolute Gasteiger partial charge is 0.493 e. The lowest BCUT2D eigenvalue weighted by molar-refractivity contribution is -0.158. The van der Waals surface area contributed by atoms with Gasteiger partial charge in [0.1, 0.15) is 17.9 Å². The Labute approximate surface area is 192 Å². The molecule has 1 aliphatic heterocycles. The second-order valence-corrected chi connectivity index (χ2v) is 9.71. The van der Waals surface area contributed by atoms with Crippen LogP contribution in [0.3, 0.4) is 0 Å². The number of amides is 1. The molecule has 170 valence electrons. The topological polar surface area (TPSA) is 94.6 Å². The Morgan fingerprint density at radius 3 is 2.44 bits per heavy atom. The van der Waals surface area contributed by atoms with Gasteiger partial charge in [0, 0.05) is 42.1 Å². The average molecular weight is 457 g/mol. The van der Waals surface area contributed by atoms with Crippen LogP contribution in [0.5, 0.6) is 5.75 Å². The molecule has 3 rings (SSSR count). The summed E-state index contributed by atoms with van der Waals surface area (Å²) in [5.74, 6) is 0.483. The molecule has 2 unspecified atom stereocenters. The first kappa shape index (κ1) is 23.8. The van der Waals surface area contributed by atoms with Crippen molar-refractivity contribution in [2.75, 3.05) is 6.61 Å². The lowest BCUT2D eigenvalue weighted by Crippen LogP contribution is -2.30. The van der Waals surface area contributed by atoms with Crippen LogP contribution in [0.2, 0.25) is 0 Å². The molecule has 0 aliphatic carbocycles. The third kappa shape index (κ3) is 6.56. The number of ether oxygens (including phenoxy) is 2. The lowest BCUT2D eigenvalue weighted by Gasteiger charge is -2.21. The van der Waals surface area contributed by atoms with E-state index in [2.05, 4.69) is 10.3 Å². The quantitative estimate of drug-likeness (QED) is 0.594. The number of benzene rings is 1. The van der Waals surface area contributed by atoms with Gasteiger partial charge < -0.3 is 14.8 Å². The summed E-state index contributed by atoms with van der Waals surface area (Å²) in [6, 6.07) is 10.9. The molecule has 7 nitrogen and oxygen atoms in total. The molecule has 2 heterocycles. The Morgan fingerprint density at radius 1 is 1.16 bits per heavy atom. The predicted octanol–water partition coefficient (Wildman–Crippen LogP) is 4.25. The van der Waals surface area contributed by atoms with Crippen LogP contribution in [-0.2, 0) is 27.2 Å². The molecule has 1 N–H and O–H groups in total. The fourth-order valence-electron chi connectivity index (χ4n) is 2.99. The zero-order valence-electron chi connectivity index (χ0n) is 18.7. The van der Waals surface area contributed by atoms with Crippen molar-refractivity contribution in [2.24, 2.45) is 5.41 Å². The fraction of sp³-hybridized carbons (Fsp3) is 0.417. The van der Waals surface area contributed by atoms with E-state index in [0.717, 1.165) is 34.3 Å². The average Bonchev–Trinajstić information content (AvgIpc) is 3.05. The van der Waals surface area contributed by atoms with Crippen molar-refractivity contribution in [1.29, 1.82) is 0 Å². The summed E-state index contributed by atoms with van der Waals surface area (Å²) >= 11 is 0.724. The smallest absolute Gasteiger partial charge is 0.311 e. The number of nitrogens with zero attached hydrogens (tertiary/aromatic N) is 1. The molecule has 2 atom stereocenters. The van der Waals surface area contributed by atoms with Gasteiger partial charge in [-0.1, -0.05) is 18.2 Å². The van der Waals surface area contributed by atoms with Gasteiger partial charge in [-0.15, -0.1) is 0 Å². The molecule has 2 aromatic rings. The van der Waals surface area contributed by atoms with Crippen LogP contribution < -0.4 is 10.1 Å². The second kappa shape index (κ2) is 10.2. The van der Waals surface area contributed by atoms with Crippen molar-refractivity contribution in [3.8, 4) is 5.75 Å². The van der Waals surface area contributed by atoms with Crippen molar-refractivity contribution in [1.82, 2.24) is 10.3 Å². The zero-order valence-corrected chi connectivity index (χ0v) is 19.5. The Kier molecular flexibility index (Phi) is 7.56. The highest BCUT2D eigenvalue weighted by Crippen LogP contribution is 2.23. The number of pyridine rings is 1. The van der Waals surface area contributed by atoms with E-state index in [1.54, 1.807) is 6.20 Å². The summed E-state index contributed by atoms with van der Waals surface area (Å²) in [7, 11) is 0. The molecule has 32 heavy (non-hydrogen) atoms. The highest BCUT2D eigenvalue weighted by molar-refractivity contribution is 8.26. The minimum absolute atomic E-state index is 0.143. The SMILES string of the molecule is CC(OC(=O)C(C)(C)C)c1ccc(CCOc2ccc(CC3NC(=O)SC3=O)cc2)nc1. The van der Waals surface area contributed by atoms with Gasteiger partial charge in [-0.25, -0.2) is 0 Å². The van der Waals surface area contributed by atoms with Gasteiger partial charge in [-0.05, 0) is 51.5 Å². The Bertz CT molecular complexity index is 967. The molecule has 1 aromatic heterocycles. The number of nitrogens with one attached hydrogen (secondary N) is 1. The number of aromatic nitrogens is 1. The van der Waals surface area contributed by atoms with Gasteiger partial charge in [0.05, 0.1) is 12.0 Å². The second-order valence-electron chi connectivity index (χ2n) is 8.73.